The van der Waals surface area contributed by atoms with E-state index in [0.29, 0.717) is 16.2 Å². The number of nitrogens with zero attached hydrogens (tertiary/aromatic N) is 3. The van der Waals surface area contributed by atoms with Crippen LogP contribution in [0.3, 0.4) is 0 Å². The molecule has 0 aliphatic rings. The Bertz CT molecular complexity index is 529. The number of rotatable bonds is 1. The van der Waals surface area contributed by atoms with Crippen molar-refractivity contribution in [2.75, 3.05) is 5.32 Å². The summed E-state index contributed by atoms with van der Waals surface area (Å²) < 4.78 is 0. The molecule has 0 fully saturated rings. The summed E-state index contributed by atoms with van der Waals surface area (Å²) in [5, 5.41) is 2.88. The summed E-state index contributed by atoms with van der Waals surface area (Å²) in [6.45, 7) is 1.40. The Morgan fingerprint density at radius 3 is 2.87 bits per heavy atom. The molecule has 2 aromatic heterocycles. The van der Waals surface area contributed by atoms with Crippen molar-refractivity contribution in [3.63, 3.8) is 0 Å². The van der Waals surface area contributed by atoms with Gasteiger partial charge in [0.25, 0.3) is 0 Å². The Morgan fingerprint density at radius 1 is 1.33 bits per heavy atom. The average Bonchev–Trinajstić information content (AvgIpc) is 2.17. The predicted octanol–water partition coefficient (Wildman–Crippen LogP) is 1.64. The molecule has 0 spiro atoms. The van der Waals surface area contributed by atoms with Crippen LogP contribution in [0.1, 0.15) is 6.92 Å². The molecule has 1 N–H and O–H groups in total. The van der Waals surface area contributed by atoms with Crippen LogP contribution in [0.15, 0.2) is 18.3 Å². The fourth-order valence-electron chi connectivity index (χ4n) is 1.12. The van der Waals surface area contributed by atoms with E-state index in [1.54, 1.807) is 12.1 Å². The van der Waals surface area contributed by atoms with Gasteiger partial charge in [-0.25, -0.2) is 15.0 Å². The van der Waals surface area contributed by atoms with E-state index >= 15 is 0 Å². The number of fused-ring (bicyclic) bond motifs is 1. The van der Waals surface area contributed by atoms with E-state index in [0.717, 1.165) is 0 Å². The molecule has 6 heteroatoms. The maximum Gasteiger partial charge on any atom is 0.230 e. The second kappa shape index (κ2) is 3.78. The minimum Gasteiger partial charge on any atom is -0.295 e. The van der Waals surface area contributed by atoms with E-state index in [1.807, 2.05) is 0 Å². The molecule has 1 amide bonds. The maximum atomic E-state index is 10.8. The minimum atomic E-state index is -0.212. The van der Waals surface area contributed by atoms with Gasteiger partial charge in [0.15, 0.2) is 0 Å². The molecule has 0 saturated heterocycles. The maximum absolute atomic E-state index is 10.8. The molecule has 0 radical (unpaired) electrons. The van der Waals surface area contributed by atoms with Crippen molar-refractivity contribution in [1.29, 1.82) is 0 Å². The van der Waals surface area contributed by atoms with Gasteiger partial charge in [-0.05, 0) is 12.1 Å². The molecule has 0 aliphatic heterocycles. The van der Waals surface area contributed by atoms with E-state index < -0.39 is 0 Å². The standard InChI is InChI=1S/C9H7ClN4O/c1-5(15)12-9-11-4-7-6(14-9)2-3-8(10)13-7/h2-4H,1H3,(H,11,12,14,15). The smallest absolute Gasteiger partial charge is 0.230 e. The summed E-state index contributed by atoms with van der Waals surface area (Å²) in [5.41, 5.74) is 1.23. The molecular weight excluding hydrogens is 216 g/mol. The molecule has 0 aliphatic carbocycles. The summed E-state index contributed by atoms with van der Waals surface area (Å²) in [6, 6.07) is 3.35. The van der Waals surface area contributed by atoms with E-state index in [2.05, 4.69) is 20.3 Å². The molecule has 0 saturated carbocycles. The average molecular weight is 223 g/mol. The molecule has 0 aromatic carbocycles. The van der Waals surface area contributed by atoms with Crippen molar-refractivity contribution in [3.8, 4) is 0 Å². The summed E-state index contributed by atoms with van der Waals surface area (Å²) in [6.07, 6.45) is 1.51. The SMILES string of the molecule is CC(=O)Nc1ncc2nc(Cl)ccc2n1. The zero-order valence-corrected chi connectivity index (χ0v) is 8.62. The highest BCUT2D eigenvalue weighted by Gasteiger charge is 2.02. The number of carbonyl (C=O) groups excluding carboxylic acids is 1. The van der Waals surface area contributed by atoms with E-state index in [4.69, 9.17) is 11.6 Å². The lowest BCUT2D eigenvalue weighted by molar-refractivity contribution is -0.114. The molecule has 2 heterocycles. The first kappa shape index (κ1) is 9.79. The summed E-state index contributed by atoms with van der Waals surface area (Å²) in [4.78, 5) is 22.8. The zero-order chi connectivity index (χ0) is 10.8. The highest BCUT2D eigenvalue weighted by atomic mass is 35.5. The van der Waals surface area contributed by atoms with Crippen molar-refractivity contribution in [1.82, 2.24) is 15.0 Å². The molecule has 2 aromatic rings. The van der Waals surface area contributed by atoms with Gasteiger partial charge in [-0.3, -0.25) is 10.1 Å². The van der Waals surface area contributed by atoms with Gasteiger partial charge in [0, 0.05) is 6.92 Å². The van der Waals surface area contributed by atoms with Crippen LogP contribution in [0.5, 0.6) is 0 Å². The second-order valence-electron chi connectivity index (χ2n) is 2.91. The normalized spacial score (nSPS) is 10.3. The Kier molecular flexibility index (Phi) is 2.47. The van der Waals surface area contributed by atoms with Gasteiger partial charge in [-0.1, -0.05) is 11.6 Å². The van der Waals surface area contributed by atoms with Gasteiger partial charge < -0.3 is 0 Å². The number of carbonyl (C=O) groups is 1. The molecule has 0 bridgehead atoms. The first-order valence-corrected chi connectivity index (χ1v) is 4.60. The van der Waals surface area contributed by atoms with Crippen molar-refractivity contribution in [2.24, 2.45) is 0 Å². The third-order valence-corrected chi connectivity index (χ3v) is 1.90. The van der Waals surface area contributed by atoms with Crippen molar-refractivity contribution in [2.45, 2.75) is 6.92 Å². The molecule has 76 valence electrons. The first-order chi connectivity index (χ1) is 7.15. The van der Waals surface area contributed by atoms with Gasteiger partial charge >= 0.3 is 0 Å². The number of hydrogen-bond acceptors (Lipinski definition) is 4. The number of pyridine rings is 1. The Hall–Kier alpha value is -1.75. The summed E-state index contributed by atoms with van der Waals surface area (Å²) in [5.74, 6) is 0.0513. The highest BCUT2D eigenvalue weighted by molar-refractivity contribution is 6.29. The summed E-state index contributed by atoms with van der Waals surface area (Å²) in [7, 11) is 0. The third-order valence-electron chi connectivity index (χ3n) is 1.69. The molecule has 2 rings (SSSR count). The van der Waals surface area contributed by atoms with Gasteiger partial charge in [-0.15, -0.1) is 0 Å². The van der Waals surface area contributed by atoms with Crippen LogP contribution in [0, 0.1) is 0 Å². The van der Waals surface area contributed by atoms with Crippen molar-refractivity contribution >= 4 is 34.5 Å². The van der Waals surface area contributed by atoms with Gasteiger partial charge in [-0.2, -0.15) is 0 Å². The van der Waals surface area contributed by atoms with Crippen LogP contribution in [-0.4, -0.2) is 20.9 Å². The van der Waals surface area contributed by atoms with Crippen LogP contribution < -0.4 is 5.32 Å². The van der Waals surface area contributed by atoms with Gasteiger partial charge in [0.05, 0.1) is 11.7 Å². The Labute approximate surface area is 90.5 Å². The Morgan fingerprint density at radius 2 is 2.13 bits per heavy atom. The molecule has 5 nitrogen and oxygen atoms in total. The number of aromatic nitrogens is 3. The first-order valence-electron chi connectivity index (χ1n) is 4.22. The fourth-order valence-corrected chi connectivity index (χ4v) is 1.27. The predicted molar refractivity (Wildman–Crippen MR) is 56.6 cm³/mol. The second-order valence-corrected chi connectivity index (χ2v) is 3.30. The molecule has 0 unspecified atom stereocenters. The quantitative estimate of drug-likeness (QED) is 0.745. The Balaban J connectivity index is 2.47. The third kappa shape index (κ3) is 2.19. The highest BCUT2D eigenvalue weighted by Crippen LogP contribution is 2.13. The van der Waals surface area contributed by atoms with Gasteiger partial charge in [0.2, 0.25) is 11.9 Å². The van der Waals surface area contributed by atoms with E-state index in [1.165, 1.54) is 13.1 Å². The zero-order valence-electron chi connectivity index (χ0n) is 7.86. The number of hydrogen-bond donors (Lipinski definition) is 1. The van der Waals surface area contributed by atoms with Crippen LogP contribution in [0.2, 0.25) is 5.15 Å². The topological polar surface area (TPSA) is 67.8 Å². The van der Waals surface area contributed by atoms with Crippen molar-refractivity contribution in [3.05, 3.63) is 23.5 Å². The fraction of sp³-hybridized carbons (Fsp3) is 0.111. The van der Waals surface area contributed by atoms with Crippen LogP contribution in [0.4, 0.5) is 5.95 Å². The van der Waals surface area contributed by atoms with Crippen molar-refractivity contribution < 1.29 is 4.79 Å². The minimum absolute atomic E-state index is 0.212. The molecule has 0 atom stereocenters. The van der Waals surface area contributed by atoms with Gasteiger partial charge in [0.1, 0.15) is 10.7 Å². The number of halogens is 1. The van der Waals surface area contributed by atoms with Crippen LogP contribution >= 0.6 is 11.6 Å². The largest absolute Gasteiger partial charge is 0.295 e. The lowest BCUT2D eigenvalue weighted by atomic mass is 10.4. The number of anilines is 1. The van der Waals surface area contributed by atoms with E-state index in [9.17, 15) is 4.79 Å². The van der Waals surface area contributed by atoms with Crippen LogP contribution in [0.25, 0.3) is 11.0 Å². The molecular formula is C9H7ClN4O. The number of amides is 1. The number of nitrogens with one attached hydrogen (secondary N) is 1. The van der Waals surface area contributed by atoms with E-state index in [-0.39, 0.29) is 11.9 Å². The summed E-state index contributed by atoms with van der Waals surface area (Å²) >= 11 is 5.71. The lowest BCUT2D eigenvalue weighted by Crippen LogP contribution is -2.09. The molecule has 15 heavy (non-hydrogen) atoms. The van der Waals surface area contributed by atoms with Crippen LogP contribution in [-0.2, 0) is 4.79 Å². The monoisotopic (exact) mass is 222 g/mol. The lowest BCUT2D eigenvalue weighted by Gasteiger charge is -2.01.